The minimum absolute atomic E-state index is 0.430. The number of hydrogen-bond donors (Lipinski definition) is 0. The van der Waals surface area contributed by atoms with Gasteiger partial charge in [-0.1, -0.05) is 18.2 Å². The maximum absolute atomic E-state index is 5.93. The van der Waals surface area contributed by atoms with Gasteiger partial charge in [0.2, 0.25) is 0 Å². The molecule has 2 aromatic rings. The van der Waals surface area contributed by atoms with E-state index in [4.69, 9.17) is 9.72 Å². The summed E-state index contributed by atoms with van der Waals surface area (Å²) in [5.41, 5.74) is 5.40. The zero-order valence-corrected chi connectivity index (χ0v) is 12.0. The maximum atomic E-state index is 5.93. The Morgan fingerprint density at radius 1 is 1.10 bits per heavy atom. The predicted octanol–water partition coefficient (Wildman–Crippen LogP) is 3.42. The van der Waals surface area contributed by atoms with Crippen molar-refractivity contribution in [3.8, 4) is 5.75 Å². The molecule has 1 atom stereocenters. The van der Waals surface area contributed by atoms with Gasteiger partial charge in [-0.25, -0.2) is 4.98 Å². The Labute approximate surface area is 124 Å². The van der Waals surface area contributed by atoms with Gasteiger partial charge in [0.15, 0.2) is 0 Å². The molecule has 0 radical (unpaired) electrons. The third-order valence-electron chi connectivity index (χ3n) is 5.00. The van der Waals surface area contributed by atoms with E-state index in [1.54, 1.807) is 0 Å². The highest BCUT2D eigenvalue weighted by atomic mass is 16.5. The second kappa shape index (κ2) is 4.23. The number of anilines is 2. The maximum Gasteiger partial charge on any atom is 0.143 e. The van der Waals surface area contributed by atoms with E-state index in [2.05, 4.69) is 29.2 Å². The van der Waals surface area contributed by atoms with Gasteiger partial charge in [-0.2, -0.15) is 0 Å². The number of aryl methyl sites for hydroxylation is 3. The first kappa shape index (κ1) is 11.6. The second-order valence-electron chi connectivity index (χ2n) is 6.27. The van der Waals surface area contributed by atoms with Crippen molar-refractivity contribution < 1.29 is 4.74 Å². The standard InChI is InChI=1S/C18H18N2O/c1-2-7-17-16(6-1)20-14(11-21-17)9-8-13-10-12-4-3-5-15(12)19-18(13)20/h1-2,6-7,10,14H,3-5,8-9,11H2. The smallest absolute Gasteiger partial charge is 0.143 e. The van der Waals surface area contributed by atoms with E-state index >= 15 is 0 Å². The van der Waals surface area contributed by atoms with Crippen LogP contribution in [-0.2, 0) is 19.3 Å². The summed E-state index contributed by atoms with van der Waals surface area (Å²) in [7, 11) is 0. The largest absolute Gasteiger partial charge is 0.489 e. The van der Waals surface area contributed by atoms with Crippen LogP contribution in [0.5, 0.6) is 5.75 Å². The molecule has 5 rings (SSSR count). The van der Waals surface area contributed by atoms with Gasteiger partial charge in [-0.05, 0) is 55.4 Å². The van der Waals surface area contributed by atoms with Gasteiger partial charge >= 0.3 is 0 Å². The molecule has 3 aliphatic rings. The van der Waals surface area contributed by atoms with Crippen LogP contribution in [0.2, 0.25) is 0 Å². The lowest BCUT2D eigenvalue weighted by Crippen LogP contribution is -2.43. The summed E-state index contributed by atoms with van der Waals surface area (Å²) in [6.07, 6.45) is 5.89. The molecule has 0 N–H and O–H groups in total. The Balaban J connectivity index is 1.71. The first-order valence-electron chi connectivity index (χ1n) is 7.93. The highest BCUT2D eigenvalue weighted by Crippen LogP contribution is 2.44. The van der Waals surface area contributed by atoms with Gasteiger partial charge < -0.3 is 9.64 Å². The van der Waals surface area contributed by atoms with Gasteiger partial charge in [0.1, 0.15) is 18.2 Å². The van der Waals surface area contributed by atoms with E-state index in [1.807, 2.05) is 6.07 Å². The first-order chi connectivity index (χ1) is 10.4. The Morgan fingerprint density at radius 3 is 3.05 bits per heavy atom. The van der Waals surface area contributed by atoms with Crippen LogP contribution in [0.3, 0.4) is 0 Å². The van der Waals surface area contributed by atoms with Crippen molar-refractivity contribution in [2.45, 2.75) is 38.1 Å². The van der Waals surface area contributed by atoms with Crippen LogP contribution in [-0.4, -0.2) is 17.6 Å². The van der Waals surface area contributed by atoms with Crippen LogP contribution in [0.15, 0.2) is 30.3 Å². The normalized spacial score (nSPS) is 21.9. The molecule has 21 heavy (non-hydrogen) atoms. The van der Waals surface area contributed by atoms with Gasteiger partial charge in [0, 0.05) is 5.69 Å². The average molecular weight is 278 g/mol. The average Bonchev–Trinajstić information content (AvgIpc) is 2.99. The van der Waals surface area contributed by atoms with Crippen LogP contribution in [0.1, 0.15) is 29.7 Å². The number of nitrogens with zero attached hydrogens (tertiary/aromatic N) is 2. The minimum atomic E-state index is 0.430. The minimum Gasteiger partial charge on any atom is -0.489 e. The van der Waals surface area contributed by atoms with Crippen LogP contribution in [0.25, 0.3) is 0 Å². The van der Waals surface area contributed by atoms with Gasteiger partial charge in [-0.15, -0.1) is 0 Å². The highest BCUT2D eigenvalue weighted by molar-refractivity contribution is 5.72. The van der Waals surface area contributed by atoms with Crippen LogP contribution < -0.4 is 9.64 Å². The third-order valence-corrected chi connectivity index (χ3v) is 5.00. The molecule has 0 saturated heterocycles. The third kappa shape index (κ3) is 1.63. The molecule has 0 bridgehead atoms. The highest BCUT2D eigenvalue weighted by Gasteiger charge is 2.35. The molecule has 0 fully saturated rings. The molecule has 106 valence electrons. The van der Waals surface area contributed by atoms with Crippen molar-refractivity contribution in [2.75, 3.05) is 11.5 Å². The summed E-state index contributed by atoms with van der Waals surface area (Å²) in [4.78, 5) is 7.47. The molecule has 1 aromatic heterocycles. The summed E-state index contributed by atoms with van der Waals surface area (Å²) in [5.74, 6) is 2.17. The molecule has 0 saturated carbocycles. The number of ether oxygens (including phenoxy) is 1. The van der Waals surface area contributed by atoms with Crippen molar-refractivity contribution in [1.82, 2.24) is 4.98 Å². The predicted molar refractivity (Wildman–Crippen MR) is 82.4 cm³/mol. The lowest BCUT2D eigenvalue weighted by molar-refractivity contribution is 0.260. The molecule has 1 aliphatic carbocycles. The molecule has 1 aromatic carbocycles. The van der Waals surface area contributed by atoms with Gasteiger partial charge in [0.25, 0.3) is 0 Å². The molecule has 1 unspecified atom stereocenters. The summed E-state index contributed by atoms with van der Waals surface area (Å²) < 4.78 is 5.93. The number of fused-ring (bicyclic) bond motifs is 6. The Hall–Kier alpha value is -2.03. The summed E-state index contributed by atoms with van der Waals surface area (Å²) in [6.45, 7) is 0.773. The van der Waals surface area contributed by atoms with Crippen molar-refractivity contribution in [1.29, 1.82) is 0 Å². The molecule has 0 amide bonds. The van der Waals surface area contributed by atoms with E-state index in [0.717, 1.165) is 31.6 Å². The fourth-order valence-electron chi connectivity index (χ4n) is 3.96. The quantitative estimate of drug-likeness (QED) is 0.738. The molecular weight excluding hydrogens is 260 g/mol. The van der Waals surface area contributed by atoms with E-state index in [-0.39, 0.29) is 0 Å². The molecule has 3 heteroatoms. The number of rotatable bonds is 0. The topological polar surface area (TPSA) is 25.4 Å². The van der Waals surface area contributed by atoms with E-state index in [9.17, 15) is 0 Å². The van der Waals surface area contributed by atoms with Crippen LogP contribution in [0.4, 0.5) is 11.5 Å². The molecule has 0 spiro atoms. The number of benzene rings is 1. The zero-order chi connectivity index (χ0) is 13.8. The Kier molecular flexibility index (Phi) is 2.34. The van der Waals surface area contributed by atoms with E-state index < -0.39 is 0 Å². The lowest BCUT2D eigenvalue weighted by atomic mass is 9.95. The van der Waals surface area contributed by atoms with E-state index in [1.165, 1.54) is 41.2 Å². The fraction of sp³-hybridized carbons (Fsp3) is 0.389. The fourth-order valence-corrected chi connectivity index (χ4v) is 3.96. The number of para-hydroxylation sites is 2. The summed E-state index contributed by atoms with van der Waals surface area (Å²) in [5, 5.41) is 0. The molecular formula is C18H18N2O. The van der Waals surface area contributed by atoms with Crippen molar-refractivity contribution in [2.24, 2.45) is 0 Å². The Morgan fingerprint density at radius 2 is 2.05 bits per heavy atom. The van der Waals surface area contributed by atoms with Crippen molar-refractivity contribution >= 4 is 11.5 Å². The monoisotopic (exact) mass is 278 g/mol. The van der Waals surface area contributed by atoms with Crippen LogP contribution in [0, 0.1) is 0 Å². The zero-order valence-electron chi connectivity index (χ0n) is 12.0. The van der Waals surface area contributed by atoms with E-state index in [0.29, 0.717) is 6.04 Å². The lowest BCUT2D eigenvalue weighted by Gasteiger charge is -2.41. The molecule has 2 aliphatic heterocycles. The summed E-state index contributed by atoms with van der Waals surface area (Å²) >= 11 is 0. The van der Waals surface area contributed by atoms with Crippen molar-refractivity contribution in [3.05, 3.63) is 47.2 Å². The summed E-state index contributed by atoms with van der Waals surface area (Å²) in [6, 6.07) is 11.2. The number of pyridine rings is 1. The first-order valence-corrected chi connectivity index (χ1v) is 7.93. The molecule has 3 nitrogen and oxygen atoms in total. The van der Waals surface area contributed by atoms with Crippen LogP contribution >= 0.6 is 0 Å². The number of hydrogen-bond acceptors (Lipinski definition) is 3. The SMILES string of the molecule is c1ccc2c(c1)OCC1CCc3cc4c(nc3N21)CCC4. The van der Waals surface area contributed by atoms with Crippen molar-refractivity contribution in [3.63, 3.8) is 0 Å². The van der Waals surface area contributed by atoms with Gasteiger partial charge in [0.05, 0.1) is 11.7 Å². The second-order valence-corrected chi connectivity index (χ2v) is 6.27. The van der Waals surface area contributed by atoms with Gasteiger partial charge in [-0.3, -0.25) is 0 Å². The Bertz CT molecular complexity index is 725. The number of aromatic nitrogens is 1. The molecule has 3 heterocycles.